The zero-order valence-corrected chi connectivity index (χ0v) is 15.8. The van der Waals surface area contributed by atoms with Crippen molar-refractivity contribution in [3.05, 3.63) is 52.9 Å². The molecular formula is C20H26ClNO4. The van der Waals surface area contributed by atoms with Crippen LogP contribution in [0.1, 0.15) is 24.4 Å². The van der Waals surface area contributed by atoms with Gasteiger partial charge in [-0.25, -0.2) is 0 Å². The van der Waals surface area contributed by atoms with Gasteiger partial charge in [0.15, 0.2) is 0 Å². The van der Waals surface area contributed by atoms with E-state index < -0.39 is 6.10 Å². The fourth-order valence-corrected chi connectivity index (χ4v) is 3.27. The Kier molecular flexibility index (Phi) is 6.97. The molecule has 1 aromatic heterocycles. The number of ether oxygens (including phenoxy) is 2. The fraction of sp³-hybridized carbons (Fsp3) is 0.500. The van der Waals surface area contributed by atoms with E-state index in [9.17, 15) is 5.11 Å². The van der Waals surface area contributed by atoms with Gasteiger partial charge in [-0.3, -0.25) is 4.90 Å². The third-order valence-electron chi connectivity index (χ3n) is 4.39. The third-order valence-corrected chi connectivity index (χ3v) is 4.64. The number of aliphatic hydroxyl groups is 1. The van der Waals surface area contributed by atoms with Crippen molar-refractivity contribution in [3.8, 4) is 5.75 Å². The van der Waals surface area contributed by atoms with E-state index in [1.165, 1.54) is 0 Å². The van der Waals surface area contributed by atoms with Gasteiger partial charge in [0, 0.05) is 24.7 Å². The summed E-state index contributed by atoms with van der Waals surface area (Å²) < 4.78 is 17.1. The van der Waals surface area contributed by atoms with Crippen LogP contribution in [0, 0.1) is 6.92 Å². The number of benzene rings is 1. The molecule has 0 bridgehead atoms. The van der Waals surface area contributed by atoms with E-state index in [4.69, 9.17) is 25.5 Å². The summed E-state index contributed by atoms with van der Waals surface area (Å²) in [5.74, 6) is 2.48. The SMILES string of the molecule is Cc1ccc(CN(CC(O)COc2ccc(Cl)cc2)CC2CCCO2)o1. The first-order valence-electron chi connectivity index (χ1n) is 9.04. The maximum Gasteiger partial charge on any atom is 0.119 e. The highest BCUT2D eigenvalue weighted by molar-refractivity contribution is 6.30. The van der Waals surface area contributed by atoms with Gasteiger partial charge in [0.25, 0.3) is 0 Å². The molecule has 0 amide bonds. The van der Waals surface area contributed by atoms with Crippen molar-refractivity contribution >= 4 is 11.6 Å². The summed E-state index contributed by atoms with van der Waals surface area (Å²) in [7, 11) is 0. The minimum absolute atomic E-state index is 0.218. The van der Waals surface area contributed by atoms with Crippen molar-refractivity contribution in [1.29, 1.82) is 0 Å². The molecule has 26 heavy (non-hydrogen) atoms. The Morgan fingerprint density at radius 1 is 1.27 bits per heavy atom. The van der Waals surface area contributed by atoms with Gasteiger partial charge in [-0.2, -0.15) is 0 Å². The highest BCUT2D eigenvalue weighted by Crippen LogP contribution is 2.18. The Morgan fingerprint density at radius 3 is 2.73 bits per heavy atom. The fourth-order valence-electron chi connectivity index (χ4n) is 3.14. The van der Waals surface area contributed by atoms with Crippen molar-refractivity contribution in [2.75, 3.05) is 26.3 Å². The second kappa shape index (κ2) is 9.42. The molecule has 2 atom stereocenters. The maximum atomic E-state index is 10.4. The molecule has 1 fully saturated rings. The molecule has 1 N–H and O–H groups in total. The van der Waals surface area contributed by atoms with E-state index >= 15 is 0 Å². The summed E-state index contributed by atoms with van der Waals surface area (Å²) in [6.07, 6.45) is 1.77. The third kappa shape index (κ3) is 6.02. The molecule has 0 saturated carbocycles. The maximum absolute atomic E-state index is 10.4. The second-order valence-corrected chi connectivity index (χ2v) is 7.20. The van der Waals surface area contributed by atoms with Gasteiger partial charge in [-0.1, -0.05) is 11.6 Å². The van der Waals surface area contributed by atoms with Crippen LogP contribution in [0.2, 0.25) is 5.02 Å². The summed E-state index contributed by atoms with van der Waals surface area (Å²) >= 11 is 5.87. The van der Waals surface area contributed by atoms with Gasteiger partial charge in [0.05, 0.1) is 12.6 Å². The quantitative estimate of drug-likeness (QED) is 0.720. The minimum atomic E-state index is -0.608. The summed E-state index contributed by atoms with van der Waals surface area (Å²) in [5.41, 5.74) is 0. The molecule has 0 aliphatic carbocycles. The van der Waals surface area contributed by atoms with Gasteiger partial charge in [0.1, 0.15) is 30.0 Å². The molecule has 3 rings (SSSR count). The van der Waals surface area contributed by atoms with Gasteiger partial charge < -0.3 is 19.0 Å². The van der Waals surface area contributed by atoms with Crippen LogP contribution in [0.5, 0.6) is 5.75 Å². The molecule has 5 nitrogen and oxygen atoms in total. The van der Waals surface area contributed by atoms with Crippen molar-refractivity contribution in [3.63, 3.8) is 0 Å². The average Bonchev–Trinajstić information content (AvgIpc) is 3.26. The molecule has 2 aromatic rings. The number of hydrogen-bond acceptors (Lipinski definition) is 5. The van der Waals surface area contributed by atoms with Crippen LogP contribution in [-0.2, 0) is 11.3 Å². The van der Waals surface area contributed by atoms with E-state index in [0.717, 1.165) is 37.5 Å². The molecule has 142 valence electrons. The summed E-state index contributed by atoms with van der Waals surface area (Å²) in [4.78, 5) is 2.17. The van der Waals surface area contributed by atoms with Gasteiger partial charge in [-0.05, 0) is 56.2 Å². The minimum Gasteiger partial charge on any atom is -0.491 e. The summed E-state index contributed by atoms with van der Waals surface area (Å²) in [6, 6.07) is 11.1. The summed E-state index contributed by atoms with van der Waals surface area (Å²) in [6.45, 7) is 4.89. The van der Waals surface area contributed by atoms with E-state index in [1.54, 1.807) is 24.3 Å². The van der Waals surface area contributed by atoms with Crippen LogP contribution in [0.4, 0.5) is 0 Å². The van der Waals surface area contributed by atoms with Crippen LogP contribution in [0.15, 0.2) is 40.8 Å². The van der Waals surface area contributed by atoms with Crippen molar-refractivity contribution in [2.24, 2.45) is 0 Å². The van der Waals surface area contributed by atoms with Crippen LogP contribution < -0.4 is 4.74 Å². The Bertz CT molecular complexity index is 667. The number of aryl methyl sites for hydroxylation is 1. The van der Waals surface area contributed by atoms with E-state index in [2.05, 4.69) is 4.90 Å². The predicted molar refractivity (Wildman–Crippen MR) is 101 cm³/mol. The standard InChI is InChI=1S/C20H26ClNO4/c1-15-4-7-20(26-15)13-22(12-19-3-2-10-24-19)11-17(23)14-25-18-8-5-16(21)6-9-18/h4-9,17,19,23H,2-3,10-14H2,1H3. The number of rotatable bonds is 9. The molecule has 0 spiro atoms. The molecule has 1 aliphatic heterocycles. The molecule has 2 heterocycles. The van der Waals surface area contributed by atoms with E-state index in [-0.39, 0.29) is 12.7 Å². The first-order chi connectivity index (χ1) is 12.6. The Morgan fingerprint density at radius 2 is 2.08 bits per heavy atom. The van der Waals surface area contributed by atoms with Gasteiger partial charge in [0.2, 0.25) is 0 Å². The monoisotopic (exact) mass is 379 g/mol. The zero-order chi connectivity index (χ0) is 18.4. The molecule has 1 aliphatic rings. The summed E-state index contributed by atoms with van der Waals surface area (Å²) in [5, 5.41) is 11.1. The Hall–Kier alpha value is -1.53. The largest absolute Gasteiger partial charge is 0.491 e. The first-order valence-corrected chi connectivity index (χ1v) is 9.42. The lowest BCUT2D eigenvalue weighted by atomic mass is 10.2. The van der Waals surface area contributed by atoms with E-state index in [1.807, 2.05) is 19.1 Å². The van der Waals surface area contributed by atoms with Crippen LogP contribution in [-0.4, -0.2) is 48.5 Å². The number of halogens is 1. The molecule has 1 saturated heterocycles. The van der Waals surface area contributed by atoms with Crippen LogP contribution >= 0.6 is 11.6 Å². The lowest BCUT2D eigenvalue weighted by Gasteiger charge is -2.26. The predicted octanol–water partition coefficient (Wildman–Crippen LogP) is 3.66. The molecule has 6 heteroatoms. The van der Waals surface area contributed by atoms with Crippen LogP contribution in [0.25, 0.3) is 0 Å². The normalized spacial score (nSPS) is 18.4. The average molecular weight is 380 g/mol. The van der Waals surface area contributed by atoms with Crippen molar-refractivity contribution in [1.82, 2.24) is 4.90 Å². The van der Waals surface area contributed by atoms with Crippen molar-refractivity contribution in [2.45, 2.75) is 38.5 Å². The van der Waals surface area contributed by atoms with Crippen molar-refractivity contribution < 1.29 is 19.0 Å². The second-order valence-electron chi connectivity index (χ2n) is 6.76. The van der Waals surface area contributed by atoms with Gasteiger partial charge in [-0.15, -0.1) is 0 Å². The van der Waals surface area contributed by atoms with E-state index in [0.29, 0.717) is 23.9 Å². The highest BCUT2D eigenvalue weighted by Gasteiger charge is 2.22. The number of nitrogens with zero attached hydrogens (tertiary/aromatic N) is 1. The Labute approximate surface area is 159 Å². The molecule has 0 radical (unpaired) electrons. The molecule has 2 unspecified atom stereocenters. The topological polar surface area (TPSA) is 55.1 Å². The number of aliphatic hydroxyl groups excluding tert-OH is 1. The number of furan rings is 1. The van der Waals surface area contributed by atoms with Crippen LogP contribution in [0.3, 0.4) is 0 Å². The zero-order valence-electron chi connectivity index (χ0n) is 15.1. The van der Waals surface area contributed by atoms with Gasteiger partial charge >= 0.3 is 0 Å². The lowest BCUT2D eigenvalue weighted by Crippen LogP contribution is -2.39. The lowest BCUT2D eigenvalue weighted by molar-refractivity contribution is 0.0290. The number of hydrogen-bond donors (Lipinski definition) is 1. The highest BCUT2D eigenvalue weighted by atomic mass is 35.5. The smallest absolute Gasteiger partial charge is 0.119 e. The molecular weight excluding hydrogens is 354 g/mol. The first kappa shape index (κ1) is 19.2. The Balaban J connectivity index is 1.53. The molecule has 1 aromatic carbocycles.